The molecule has 0 aromatic heterocycles. The highest BCUT2D eigenvalue weighted by Crippen LogP contribution is 2.25. The lowest BCUT2D eigenvalue weighted by molar-refractivity contribution is 0.440. The molecule has 0 saturated heterocycles. The molecular formula is C14H22BrN. The van der Waals surface area contributed by atoms with Crippen LogP contribution in [0, 0.1) is 12.8 Å². The summed E-state index contributed by atoms with van der Waals surface area (Å²) in [4.78, 5) is 0. The van der Waals surface area contributed by atoms with Gasteiger partial charge >= 0.3 is 0 Å². The molecular weight excluding hydrogens is 262 g/mol. The van der Waals surface area contributed by atoms with Crippen LogP contribution in [0.4, 0.5) is 0 Å². The summed E-state index contributed by atoms with van der Waals surface area (Å²) in [7, 11) is 0. The maximum Gasteiger partial charge on any atom is 0.0297 e. The summed E-state index contributed by atoms with van der Waals surface area (Å²) >= 11 is 3.51. The molecule has 0 heterocycles. The molecule has 0 bridgehead atoms. The molecule has 1 nitrogen and oxygen atoms in total. The monoisotopic (exact) mass is 283 g/mol. The van der Waals surface area contributed by atoms with Crippen molar-refractivity contribution >= 4 is 15.9 Å². The van der Waals surface area contributed by atoms with Gasteiger partial charge in [-0.1, -0.05) is 54.8 Å². The zero-order valence-corrected chi connectivity index (χ0v) is 12.0. The Balaban J connectivity index is 2.65. The van der Waals surface area contributed by atoms with E-state index in [2.05, 4.69) is 54.9 Å². The molecule has 2 N–H and O–H groups in total. The predicted octanol–water partition coefficient (Wildman–Crippen LogP) is 4.58. The first kappa shape index (κ1) is 13.7. The highest BCUT2D eigenvalue weighted by Gasteiger charge is 2.11. The van der Waals surface area contributed by atoms with Crippen molar-refractivity contribution in [3.63, 3.8) is 0 Å². The van der Waals surface area contributed by atoms with Crippen LogP contribution in [0.15, 0.2) is 22.7 Å². The summed E-state index contributed by atoms with van der Waals surface area (Å²) in [6.45, 7) is 6.62. The number of aryl methyl sites for hydroxylation is 1. The summed E-state index contributed by atoms with van der Waals surface area (Å²) in [5.74, 6) is 0.712. The van der Waals surface area contributed by atoms with Crippen molar-refractivity contribution in [2.24, 2.45) is 11.7 Å². The summed E-state index contributed by atoms with van der Waals surface area (Å²) < 4.78 is 1.16. The maximum atomic E-state index is 6.23. The minimum Gasteiger partial charge on any atom is -0.324 e. The van der Waals surface area contributed by atoms with Crippen molar-refractivity contribution in [1.82, 2.24) is 0 Å². The zero-order valence-electron chi connectivity index (χ0n) is 10.5. The lowest BCUT2D eigenvalue weighted by atomic mass is 9.93. The zero-order chi connectivity index (χ0) is 12.1. The Morgan fingerprint density at radius 1 is 1.38 bits per heavy atom. The Kier molecular flexibility index (Phi) is 5.50. The van der Waals surface area contributed by atoms with Gasteiger partial charge in [-0.05, 0) is 36.5 Å². The summed E-state index contributed by atoms with van der Waals surface area (Å²) in [5.41, 5.74) is 8.74. The van der Waals surface area contributed by atoms with Gasteiger partial charge in [0.25, 0.3) is 0 Å². The van der Waals surface area contributed by atoms with E-state index in [-0.39, 0.29) is 6.04 Å². The van der Waals surface area contributed by atoms with E-state index in [0.717, 1.165) is 10.9 Å². The standard InChI is InChI=1S/C14H22BrN/c1-4-5-10(2)8-14(16)12-6-7-13(15)11(3)9-12/h6-7,9-10,14H,4-5,8,16H2,1-3H3. The van der Waals surface area contributed by atoms with Crippen LogP contribution in [0.1, 0.15) is 50.3 Å². The third-order valence-electron chi connectivity index (χ3n) is 3.05. The molecule has 1 aromatic carbocycles. The van der Waals surface area contributed by atoms with E-state index in [9.17, 15) is 0 Å². The average molecular weight is 284 g/mol. The smallest absolute Gasteiger partial charge is 0.0297 e. The fraction of sp³-hybridized carbons (Fsp3) is 0.571. The molecule has 2 heteroatoms. The van der Waals surface area contributed by atoms with Crippen molar-refractivity contribution in [3.05, 3.63) is 33.8 Å². The Labute approximate surface area is 108 Å². The molecule has 0 fully saturated rings. The van der Waals surface area contributed by atoms with Gasteiger partial charge in [0, 0.05) is 10.5 Å². The minimum atomic E-state index is 0.174. The van der Waals surface area contributed by atoms with E-state index in [1.807, 2.05) is 0 Å². The van der Waals surface area contributed by atoms with Crippen LogP contribution in [0.5, 0.6) is 0 Å². The van der Waals surface area contributed by atoms with Crippen molar-refractivity contribution in [3.8, 4) is 0 Å². The topological polar surface area (TPSA) is 26.0 Å². The number of halogens is 1. The fourth-order valence-electron chi connectivity index (χ4n) is 2.08. The molecule has 0 amide bonds. The van der Waals surface area contributed by atoms with Crippen LogP contribution in [-0.4, -0.2) is 0 Å². The van der Waals surface area contributed by atoms with Crippen LogP contribution >= 0.6 is 15.9 Å². The second kappa shape index (κ2) is 6.41. The van der Waals surface area contributed by atoms with Gasteiger partial charge in [-0.3, -0.25) is 0 Å². The van der Waals surface area contributed by atoms with Gasteiger partial charge in [0.2, 0.25) is 0 Å². The number of benzene rings is 1. The van der Waals surface area contributed by atoms with E-state index >= 15 is 0 Å². The van der Waals surface area contributed by atoms with Crippen LogP contribution in [0.25, 0.3) is 0 Å². The van der Waals surface area contributed by atoms with Gasteiger partial charge in [0.1, 0.15) is 0 Å². The average Bonchev–Trinajstić information content (AvgIpc) is 2.22. The lowest BCUT2D eigenvalue weighted by Gasteiger charge is -2.17. The first-order valence-corrected chi connectivity index (χ1v) is 6.85. The molecule has 2 atom stereocenters. The van der Waals surface area contributed by atoms with Gasteiger partial charge in [0.05, 0.1) is 0 Å². The second-order valence-corrected chi connectivity index (χ2v) is 5.60. The van der Waals surface area contributed by atoms with E-state index in [1.165, 1.54) is 24.0 Å². The van der Waals surface area contributed by atoms with Crippen molar-refractivity contribution in [2.45, 2.75) is 46.1 Å². The Morgan fingerprint density at radius 3 is 2.62 bits per heavy atom. The summed E-state index contributed by atoms with van der Waals surface area (Å²) in [6.07, 6.45) is 3.59. The van der Waals surface area contributed by atoms with Gasteiger partial charge in [-0.25, -0.2) is 0 Å². The van der Waals surface area contributed by atoms with Gasteiger partial charge < -0.3 is 5.73 Å². The molecule has 0 aliphatic carbocycles. The van der Waals surface area contributed by atoms with Crippen molar-refractivity contribution in [1.29, 1.82) is 0 Å². The quantitative estimate of drug-likeness (QED) is 0.841. The Hall–Kier alpha value is -0.340. The minimum absolute atomic E-state index is 0.174. The molecule has 1 rings (SSSR count). The number of hydrogen-bond acceptors (Lipinski definition) is 1. The van der Waals surface area contributed by atoms with Crippen molar-refractivity contribution in [2.75, 3.05) is 0 Å². The molecule has 1 aromatic rings. The van der Waals surface area contributed by atoms with Gasteiger partial charge in [-0.15, -0.1) is 0 Å². The molecule has 16 heavy (non-hydrogen) atoms. The summed E-state index contributed by atoms with van der Waals surface area (Å²) in [5, 5.41) is 0. The van der Waals surface area contributed by atoms with Crippen LogP contribution in [-0.2, 0) is 0 Å². The van der Waals surface area contributed by atoms with Crippen LogP contribution in [0.3, 0.4) is 0 Å². The molecule has 0 spiro atoms. The second-order valence-electron chi connectivity index (χ2n) is 4.74. The fourth-order valence-corrected chi connectivity index (χ4v) is 2.33. The Morgan fingerprint density at radius 2 is 2.06 bits per heavy atom. The highest BCUT2D eigenvalue weighted by atomic mass is 79.9. The predicted molar refractivity (Wildman–Crippen MR) is 74.5 cm³/mol. The van der Waals surface area contributed by atoms with E-state index in [0.29, 0.717) is 5.92 Å². The molecule has 2 unspecified atom stereocenters. The molecule has 90 valence electrons. The van der Waals surface area contributed by atoms with Gasteiger partial charge in [-0.2, -0.15) is 0 Å². The third kappa shape index (κ3) is 3.91. The van der Waals surface area contributed by atoms with Gasteiger partial charge in [0.15, 0.2) is 0 Å². The first-order chi connectivity index (χ1) is 7.54. The highest BCUT2D eigenvalue weighted by molar-refractivity contribution is 9.10. The molecule has 0 aliphatic heterocycles. The lowest BCUT2D eigenvalue weighted by Crippen LogP contribution is -2.14. The van der Waals surface area contributed by atoms with E-state index < -0.39 is 0 Å². The van der Waals surface area contributed by atoms with Crippen LogP contribution in [0.2, 0.25) is 0 Å². The van der Waals surface area contributed by atoms with E-state index in [1.54, 1.807) is 0 Å². The normalized spacial score (nSPS) is 14.8. The summed E-state index contributed by atoms with van der Waals surface area (Å²) in [6, 6.07) is 6.58. The van der Waals surface area contributed by atoms with E-state index in [4.69, 9.17) is 5.73 Å². The largest absolute Gasteiger partial charge is 0.324 e. The molecule has 0 aliphatic rings. The number of rotatable bonds is 5. The third-order valence-corrected chi connectivity index (χ3v) is 3.94. The Bertz CT molecular complexity index is 336. The SMILES string of the molecule is CCCC(C)CC(N)c1ccc(Br)c(C)c1. The number of nitrogens with two attached hydrogens (primary N) is 1. The molecule has 0 radical (unpaired) electrons. The maximum absolute atomic E-state index is 6.23. The van der Waals surface area contributed by atoms with Crippen LogP contribution < -0.4 is 5.73 Å². The number of hydrogen-bond donors (Lipinski definition) is 1. The van der Waals surface area contributed by atoms with Crippen molar-refractivity contribution < 1.29 is 0 Å². The first-order valence-electron chi connectivity index (χ1n) is 6.06. The molecule has 0 saturated carbocycles.